The minimum atomic E-state index is -0.164. The summed E-state index contributed by atoms with van der Waals surface area (Å²) in [6, 6.07) is 9.51. The Hall–Kier alpha value is -2.43. The van der Waals surface area contributed by atoms with Gasteiger partial charge in [0.15, 0.2) is 0 Å². The molecule has 5 nitrogen and oxygen atoms in total. The van der Waals surface area contributed by atoms with E-state index in [9.17, 15) is 4.79 Å². The van der Waals surface area contributed by atoms with Crippen LogP contribution in [0.3, 0.4) is 0 Å². The molecule has 1 fully saturated rings. The molecule has 1 aliphatic rings. The Morgan fingerprint density at radius 2 is 2.22 bits per heavy atom. The number of carbonyl (C=O) groups is 1. The quantitative estimate of drug-likeness (QED) is 0.943. The van der Waals surface area contributed by atoms with E-state index in [2.05, 4.69) is 27.1 Å². The molecular formula is C18H22N4O. The highest BCUT2D eigenvalue weighted by Crippen LogP contribution is 2.22. The lowest BCUT2D eigenvalue weighted by Crippen LogP contribution is -2.34. The third kappa shape index (κ3) is 4.06. The molecule has 5 heteroatoms. The van der Waals surface area contributed by atoms with E-state index in [0.717, 1.165) is 24.5 Å². The number of hydrogen-bond donors (Lipinski definition) is 1. The van der Waals surface area contributed by atoms with E-state index in [-0.39, 0.29) is 5.91 Å². The molecule has 1 aliphatic heterocycles. The molecule has 1 atom stereocenters. The van der Waals surface area contributed by atoms with E-state index < -0.39 is 0 Å². The van der Waals surface area contributed by atoms with Crippen LogP contribution in [0.1, 0.15) is 35.9 Å². The van der Waals surface area contributed by atoms with Crippen molar-refractivity contribution in [2.75, 3.05) is 18.0 Å². The van der Waals surface area contributed by atoms with E-state index in [4.69, 9.17) is 0 Å². The van der Waals surface area contributed by atoms with Crippen molar-refractivity contribution in [3.05, 3.63) is 54.1 Å². The van der Waals surface area contributed by atoms with Crippen LogP contribution in [0.2, 0.25) is 0 Å². The molecule has 0 radical (unpaired) electrons. The number of rotatable bonds is 4. The lowest BCUT2D eigenvalue weighted by atomic mass is 10.00. The highest BCUT2D eigenvalue weighted by Gasteiger charge is 2.18. The summed E-state index contributed by atoms with van der Waals surface area (Å²) in [7, 11) is 0. The van der Waals surface area contributed by atoms with Crippen LogP contribution in [-0.2, 0) is 6.54 Å². The minimum absolute atomic E-state index is 0.164. The summed E-state index contributed by atoms with van der Waals surface area (Å²) < 4.78 is 0. The lowest BCUT2D eigenvalue weighted by Gasteiger charge is -2.32. The summed E-state index contributed by atoms with van der Waals surface area (Å²) in [5, 5.41) is 2.87. The van der Waals surface area contributed by atoms with Gasteiger partial charge in [-0.05, 0) is 43.0 Å². The minimum Gasteiger partial charge on any atom is -0.371 e. The van der Waals surface area contributed by atoms with Gasteiger partial charge in [0, 0.05) is 31.2 Å². The fourth-order valence-corrected chi connectivity index (χ4v) is 2.93. The first kappa shape index (κ1) is 15.5. The van der Waals surface area contributed by atoms with Crippen molar-refractivity contribution in [1.82, 2.24) is 15.3 Å². The van der Waals surface area contributed by atoms with Crippen molar-refractivity contribution >= 4 is 11.6 Å². The van der Waals surface area contributed by atoms with Crippen LogP contribution in [0.15, 0.2) is 42.7 Å². The third-order valence-corrected chi connectivity index (χ3v) is 4.15. The number of nitrogens with one attached hydrogen (secondary N) is 1. The molecule has 0 aromatic carbocycles. The fraction of sp³-hybridized carbons (Fsp3) is 0.389. The first-order chi connectivity index (χ1) is 11.2. The van der Waals surface area contributed by atoms with E-state index >= 15 is 0 Å². The second-order valence-corrected chi connectivity index (χ2v) is 6.10. The smallest absolute Gasteiger partial charge is 0.270 e. The Morgan fingerprint density at radius 3 is 3.00 bits per heavy atom. The standard InChI is InChI=1S/C18H22N4O/c1-14-5-4-10-22(13-14)16-7-9-20-17(11-16)18(23)21-12-15-6-2-3-8-19-15/h2-3,6-9,11,14H,4-5,10,12-13H2,1H3,(H,21,23). The molecule has 2 aromatic rings. The Kier molecular flexibility index (Phi) is 4.86. The van der Waals surface area contributed by atoms with Crippen molar-refractivity contribution < 1.29 is 4.79 Å². The van der Waals surface area contributed by atoms with Crippen LogP contribution in [0.5, 0.6) is 0 Å². The molecule has 0 bridgehead atoms. The summed E-state index contributed by atoms with van der Waals surface area (Å²) in [5.74, 6) is 0.529. The molecule has 120 valence electrons. The number of hydrogen-bond acceptors (Lipinski definition) is 4. The molecule has 1 N–H and O–H groups in total. The summed E-state index contributed by atoms with van der Waals surface area (Å²) in [5.41, 5.74) is 2.37. The molecule has 2 aromatic heterocycles. The average molecular weight is 310 g/mol. The molecule has 1 unspecified atom stereocenters. The van der Waals surface area contributed by atoms with Crippen molar-refractivity contribution in [2.24, 2.45) is 5.92 Å². The molecule has 23 heavy (non-hydrogen) atoms. The zero-order valence-electron chi connectivity index (χ0n) is 13.4. The Labute approximate surface area is 136 Å². The number of nitrogens with zero attached hydrogens (tertiary/aromatic N) is 3. The highest BCUT2D eigenvalue weighted by atomic mass is 16.1. The monoisotopic (exact) mass is 310 g/mol. The van der Waals surface area contributed by atoms with E-state index in [1.54, 1.807) is 12.4 Å². The van der Waals surface area contributed by atoms with E-state index in [1.807, 2.05) is 30.3 Å². The van der Waals surface area contributed by atoms with Gasteiger partial charge in [0.2, 0.25) is 0 Å². The maximum absolute atomic E-state index is 12.3. The van der Waals surface area contributed by atoms with Gasteiger partial charge < -0.3 is 10.2 Å². The molecule has 0 aliphatic carbocycles. The van der Waals surface area contributed by atoms with Crippen LogP contribution < -0.4 is 10.2 Å². The van der Waals surface area contributed by atoms with Crippen LogP contribution >= 0.6 is 0 Å². The van der Waals surface area contributed by atoms with Crippen LogP contribution in [0.4, 0.5) is 5.69 Å². The lowest BCUT2D eigenvalue weighted by molar-refractivity contribution is 0.0945. The Balaban J connectivity index is 1.65. The molecule has 0 spiro atoms. The first-order valence-corrected chi connectivity index (χ1v) is 8.11. The Morgan fingerprint density at radius 1 is 1.30 bits per heavy atom. The van der Waals surface area contributed by atoms with E-state index in [0.29, 0.717) is 18.2 Å². The highest BCUT2D eigenvalue weighted by molar-refractivity contribution is 5.93. The SMILES string of the molecule is CC1CCCN(c2ccnc(C(=O)NCc3ccccn3)c2)C1. The number of anilines is 1. The normalized spacial score (nSPS) is 17.8. The molecule has 0 saturated carbocycles. The van der Waals surface area contributed by atoms with Gasteiger partial charge in [-0.2, -0.15) is 0 Å². The maximum atomic E-state index is 12.3. The van der Waals surface area contributed by atoms with Crippen LogP contribution in [0, 0.1) is 5.92 Å². The van der Waals surface area contributed by atoms with Crippen molar-refractivity contribution in [2.45, 2.75) is 26.3 Å². The molecule has 3 rings (SSSR count). The topological polar surface area (TPSA) is 58.1 Å². The third-order valence-electron chi connectivity index (χ3n) is 4.15. The zero-order valence-corrected chi connectivity index (χ0v) is 13.4. The second-order valence-electron chi connectivity index (χ2n) is 6.10. The summed E-state index contributed by atoms with van der Waals surface area (Å²) in [6.45, 7) is 4.77. The van der Waals surface area contributed by atoms with Crippen molar-refractivity contribution in [3.63, 3.8) is 0 Å². The van der Waals surface area contributed by atoms with Gasteiger partial charge in [0.05, 0.1) is 12.2 Å². The van der Waals surface area contributed by atoms with Crippen molar-refractivity contribution in [3.8, 4) is 0 Å². The number of aromatic nitrogens is 2. The van der Waals surface area contributed by atoms with Crippen molar-refractivity contribution in [1.29, 1.82) is 0 Å². The first-order valence-electron chi connectivity index (χ1n) is 8.11. The number of pyridine rings is 2. The molecular weight excluding hydrogens is 288 g/mol. The second kappa shape index (κ2) is 7.22. The molecule has 3 heterocycles. The van der Waals surface area contributed by atoms with Gasteiger partial charge in [-0.25, -0.2) is 0 Å². The zero-order chi connectivity index (χ0) is 16.1. The molecule has 1 amide bonds. The predicted molar refractivity (Wildman–Crippen MR) is 90.3 cm³/mol. The summed E-state index contributed by atoms with van der Waals surface area (Å²) in [4.78, 5) is 23.0. The van der Waals surface area contributed by atoms with Gasteiger partial charge in [-0.1, -0.05) is 13.0 Å². The van der Waals surface area contributed by atoms with Gasteiger partial charge in [0.1, 0.15) is 5.69 Å². The Bertz CT molecular complexity index is 659. The fourth-order valence-electron chi connectivity index (χ4n) is 2.93. The van der Waals surface area contributed by atoms with Gasteiger partial charge in [0.25, 0.3) is 5.91 Å². The maximum Gasteiger partial charge on any atom is 0.270 e. The predicted octanol–water partition coefficient (Wildman–Crippen LogP) is 2.64. The van der Waals surface area contributed by atoms with Crippen LogP contribution in [-0.4, -0.2) is 29.0 Å². The molecule has 1 saturated heterocycles. The van der Waals surface area contributed by atoms with E-state index in [1.165, 1.54) is 12.8 Å². The number of carbonyl (C=O) groups excluding carboxylic acids is 1. The summed E-state index contributed by atoms with van der Waals surface area (Å²) >= 11 is 0. The average Bonchev–Trinajstić information content (AvgIpc) is 2.61. The number of amides is 1. The van der Waals surface area contributed by atoms with Gasteiger partial charge in [-0.15, -0.1) is 0 Å². The van der Waals surface area contributed by atoms with Crippen LogP contribution in [0.25, 0.3) is 0 Å². The largest absolute Gasteiger partial charge is 0.371 e. The summed E-state index contributed by atoms with van der Waals surface area (Å²) in [6.07, 6.45) is 5.91. The van der Waals surface area contributed by atoms with Gasteiger partial charge >= 0.3 is 0 Å². The van der Waals surface area contributed by atoms with Gasteiger partial charge in [-0.3, -0.25) is 14.8 Å². The number of piperidine rings is 1.